The first-order valence-electron chi connectivity index (χ1n) is 10.1. The molecule has 2 N–H and O–H groups in total. The predicted molar refractivity (Wildman–Crippen MR) is 107 cm³/mol. The molecule has 174 valence electrons. The van der Waals surface area contributed by atoms with Gasteiger partial charge in [0, 0.05) is 26.1 Å². The lowest BCUT2D eigenvalue weighted by molar-refractivity contribution is -0.274. The number of esters is 1. The molecule has 0 saturated carbocycles. The highest BCUT2D eigenvalue weighted by Gasteiger charge is 2.46. The molecule has 0 unspecified atom stereocenters. The summed E-state index contributed by atoms with van der Waals surface area (Å²) in [7, 11) is 1.24. The number of urea groups is 1. The number of hydrogen-bond donors (Lipinski definition) is 2. The molecule has 3 amide bonds. The average Bonchev–Trinajstić information content (AvgIpc) is 3.03. The summed E-state index contributed by atoms with van der Waals surface area (Å²) in [5.41, 5.74) is 1.54. The van der Waals surface area contributed by atoms with Gasteiger partial charge in [-0.2, -0.15) is 0 Å². The van der Waals surface area contributed by atoms with E-state index in [-0.39, 0.29) is 36.8 Å². The van der Waals surface area contributed by atoms with E-state index in [2.05, 4.69) is 15.4 Å². The Morgan fingerprint density at radius 2 is 1.75 bits per heavy atom. The Hall–Kier alpha value is -3.24. The summed E-state index contributed by atoms with van der Waals surface area (Å²) in [5.74, 6) is -1.15. The van der Waals surface area contributed by atoms with E-state index in [0.717, 1.165) is 0 Å². The lowest BCUT2D eigenvalue weighted by atomic mass is 9.88. The van der Waals surface area contributed by atoms with Gasteiger partial charge >= 0.3 is 18.4 Å². The van der Waals surface area contributed by atoms with Crippen molar-refractivity contribution >= 4 is 23.5 Å². The summed E-state index contributed by atoms with van der Waals surface area (Å²) in [6, 6.07) is 4.27. The first-order valence-corrected chi connectivity index (χ1v) is 10.1. The van der Waals surface area contributed by atoms with Gasteiger partial charge in [-0.25, -0.2) is 9.59 Å². The van der Waals surface area contributed by atoms with Crippen LogP contribution in [0.4, 0.5) is 18.0 Å². The van der Waals surface area contributed by atoms with Crippen LogP contribution in [0.15, 0.2) is 29.8 Å². The number of rotatable bonds is 6. The molecule has 2 atom stereocenters. The number of methoxy groups -OCH3 is 1. The second-order valence-electron chi connectivity index (χ2n) is 7.53. The molecule has 0 aromatic heterocycles. The molecular weight excluding hydrogens is 431 g/mol. The van der Waals surface area contributed by atoms with Gasteiger partial charge in [-0.1, -0.05) is 12.1 Å². The number of ether oxygens (including phenoxy) is 2. The van der Waals surface area contributed by atoms with Gasteiger partial charge in [-0.15, -0.1) is 13.2 Å². The second kappa shape index (κ2) is 9.49. The van der Waals surface area contributed by atoms with Crippen LogP contribution in [0.2, 0.25) is 0 Å². The summed E-state index contributed by atoms with van der Waals surface area (Å²) in [5, 5.41) is 5.33. The van der Waals surface area contributed by atoms with Gasteiger partial charge in [-0.3, -0.25) is 4.79 Å². The summed E-state index contributed by atoms with van der Waals surface area (Å²) in [4.78, 5) is 38.0. The van der Waals surface area contributed by atoms with E-state index in [1.807, 2.05) is 0 Å². The Balaban J connectivity index is 1.83. The Labute approximate surface area is 182 Å². The third kappa shape index (κ3) is 5.32. The highest BCUT2D eigenvalue weighted by atomic mass is 19.4. The van der Waals surface area contributed by atoms with Crippen molar-refractivity contribution in [3.8, 4) is 5.75 Å². The van der Waals surface area contributed by atoms with Crippen LogP contribution in [0.1, 0.15) is 31.7 Å². The van der Waals surface area contributed by atoms with Crippen LogP contribution in [-0.4, -0.2) is 61.5 Å². The molecule has 8 nitrogen and oxygen atoms in total. The molecule has 2 aliphatic heterocycles. The fourth-order valence-electron chi connectivity index (χ4n) is 4.22. The predicted octanol–water partition coefficient (Wildman–Crippen LogP) is 2.59. The van der Waals surface area contributed by atoms with Crippen molar-refractivity contribution in [2.75, 3.05) is 20.2 Å². The molecule has 32 heavy (non-hydrogen) atoms. The van der Waals surface area contributed by atoms with Crippen LogP contribution in [0.3, 0.4) is 0 Å². The van der Waals surface area contributed by atoms with Crippen LogP contribution in [0.25, 0.3) is 5.57 Å². The van der Waals surface area contributed by atoms with E-state index >= 15 is 0 Å². The zero-order valence-corrected chi connectivity index (χ0v) is 17.6. The molecule has 1 aromatic rings. The standard InChI is InChI=1S/C21H24F3N3O5/c1-12(28)25-9-10-26-20(30)27-14-5-8-17(27)18(19(29)31-2)16(11-14)13-3-6-15(7-4-13)32-21(22,23)24/h3-4,6-7,14,17H,5,8-11H2,1-2H3,(H,25,28)(H,26,30)/t14-,17+/m0/s1. The van der Waals surface area contributed by atoms with Crippen molar-refractivity contribution in [3.63, 3.8) is 0 Å². The minimum absolute atomic E-state index is 0.171. The van der Waals surface area contributed by atoms with Crippen molar-refractivity contribution in [1.82, 2.24) is 15.5 Å². The molecule has 11 heteroatoms. The van der Waals surface area contributed by atoms with Crippen LogP contribution >= 0.6 is 0 Å². The fraction of sp³-hybridized carbons (Fsp3) is 0.476. The highest BCUT2D eigenvalue weighted by molar-refractivity contribution is 6.01. The van der Waals surface area contributed by atoms with Gasteiger partial charge in [0.15, 0.2) is 0 Å². The molecular formula is C21H24F3N3O5. The molecule has 2 heterocycles. The molecule has 0 radical (unpaired) electrons. The normalized spacial score (nSPS) is 20.1. The van der Waals surface area contributed by atoms with Crippen LogP contribution < -0.4 is 15.4 Å². The third-order valence-corrected chi connectivity index (χ3v) is 5.45. The van der Waals surface area contributed by atoms with Crippen molar-refractivity contribution in [2.45, 2.75) is 44.6 Å². The van der Waals surface area contributed by atoms with Gasteiger partial charge in [0.25, 0.3) is 0 Å². The van der Waals surface area contributed by atoms with E-state index < -0.39 is 18.4 Å². The molecule has 0 spiro atoms. The van der Waals surface area contributed by atoms with Gasteiger partial charge in [-0.05, 0) is 42.5 Å². The van der Waals surface area contributed by atoms with Gasteiger partial charge < -0.3 is 25.0 Å². The number of alkyl halides is 3. The third-order valence-electron chi connectivity index (χ3n) is 5.45. The zero-order chi connectivity index (χ0) is 23.5. The molecule has 2 aliphatic rings. The molecule has 0 aliphatic carbocycles. The van der Waals surface area contributed by atoms with Crippen LogP contribution in [0.5, 0.6) is 5.75 Å². The van der Waals surface area contributed by atoms with E-state index in [1.54, 1.807) is 4.90 Å². The summed E-state index contributed by atoms with van der Waals surface area (Å²) in [6.07, 6.45) is -3.20. The molecule has 2 bridgehead atoms. The lowest BCUT2D eigenvalue weighted by Gasteiger charge is -2.37. The smallest absolute Gasteiger partial charge is 0.466 e. The highest BCUT2D eigenvalue weighted by Crippen LogP contribution is 2.43. The number of fused-ring (bicyclic) bond motifs is 2. The average molecular weight is 455 g/mol. The monoisotopic (exact) mass is 455 g/mol. The summed E-state index contributed by atoms with van der Waals surface area (Å²) >= 11 is 0. The molecule has 1 fully saturated rings. The Bertz CT molecular complexity index is 914. The van der Waals surface area contributed by atoms with Gasteiger partial charge in [0.05, 0.1) is 18.7 Å². The zero-order valence-electron chi connectivity index (χ0n) is 17.6. The lowest BCUT2D eigenvalue weighted by Crippen LogP contribution is -2.51. The van der Waals surface area contributed by atoms with E-state index in [0.29, 0.717) is 36.0 Å². The van der Waals surface area contributed by atoms with E-state index in [4.69, 9.17) is 4.74 Å². The number of halogens is 3. The number of amides is 3. The molecule has 3 rings (SSSR count). The minimum atomic E-state index is -4.80. The number of nitrogens with one attached hydrogen (secondary N) is 2. The van der Waals surface area contributed by atoms with Crippen molar-refractivity contribution in [3.05, 3.63) is 35.4 Å². The van der Waals surface area contributed by atoms with Gasteiger partial charge in [0.1, 0.15) is 5.75 Å². The van der Waals surface area contributed by atoms with Crippen LogP contribution in [-0.2, 0) is 14.3 Å². The van der Waals surface area contributed by atoms with Crippen molar-refractivity contribution in [1.29, 1.82) is 0 Å². The largest absolute Gasteiger partial charge is 0.573 e. The Kier molecular flexibility index (Phi) is 6.95. The first kappa shape index (κ1) is 23.4. The summed E-state index contributed by atoms with van der Waals surface area (Å²) < 4.78 is 46.2. The number of benzene rings is 1. The first-order chi connectivity index (χ1) is 15.1. The Morgan fingerprint density at radius 3 is 2.34 bits per heavy atom. The maximum Gasteiger partial charge on any atom is 0.573 e. The molecule has 1 saturated heterocycles. The van der Waals surface area contributed by atoms with E-state index in [1.165, 1.54) is 38.3 Å². The van der Waals surface area contributed by atoms with Crippen molar-refractivity contribution in [2.24, 2.45) is 0 Å². The quantitative estimate of drug-likeness (QED) is 0.508. The van der Waals surface area contributed by atoms with Crippen LogP contribution in [0, 0.1) is 0 Å². The number of nitrogens with zero attached hydrogens (tertiary/aromatic N) is 1. The number of carbonyl (C=O) groups excluding carboxylic acids is 3. The number of hydrogen-bond acceptors (Lipinski definition) is 5. The Morgan fingerprint density at radius 1 is 1.09 bits per heavy atom. The maximum absolute atomic E-state index is 12.8. The summed E-state index contributed by atoms with van der Waals surface area (Å²) in [6.45, 7) is 1.89. The maximum atomic E-state index is 12.8. The second-order valence-corrected chi connectivity index (χ2v) is 7.53. The minimum Gasteiger partial charge on any atom is -0.466 e. The number of carbonyl (C=O) groups is 3. The van der Waals surface area contributed by atoms with Crippen molar-refractivity contribution < 1.29 is 37.0 Å². The fourth-order valence-corrected chi connectivity index (χ4v) is 4.22. The van der Waals surface area contributed by atoms with Gasteiger partial charge in [0.2, 0.25) is 5.91 Å². The molecule has 1 aromatic carbocycles. The van der Waals surface area contributed by atoms with E-state index in [9.17, 15) is 27.6 Å². The topological polar surface area (TPSA) is 97.0 Å². The SMILES string of the molecule is COC(=O)C1=C(c2ccc(OC(F)(F)F)cc2)C[C@@H]2CC[C@H]1N2C(=O)NCCNC(C)=O.